The van der Waals surface area contributed by atoms with Gasteiger partial charge in [-0.1, -0.05) is 30.3 Å². The maximum absolute atomic E-state index is 12.3. The van der Waals surface area contributed by atoms with Gasteiger partial charge in [0.25, 0.3) is 0 Å². The van der Waals surface area contributed by atoms with Crippen molar-refractivity contribution < 1.29 is 14.6 Å². The highest BCUT2D eigenvalue weighted by Gasteiger charge is 2.16. The third kappa shape index (κ3) is 5.08. The van der Waals surface area contributed by atoms with Crippen molar-refractivity contribution in [1.29, 1.82) is 0 Å². The molecule has 3 heterocycles. The number of H-pyrrole nitrogens is 1. The van der Waals surface area contributed by atoms with Crippen LogP contribution in [0, 0.1) is 6.92 Å². The molecule has 4 N–H and O–H groups in total. The molecule has 0 bridgehead atoms. The Bertz CT molecular complexity index is 1180. The lowest BCUT2D eigenvalue weighted by atomic mass is 10.1. The van der Waals surface area contributed by atoms with Crippen LogP contribution in [0.5, 0.6) is 5.88 Å². The van der Waals surface area contributed by atoms with Gasteiger partial charge in [0.2, 0.25) is 11.8 Å². The van der Waals surface area contributed by atoms with Crippen LogP contribution in [0.2, 0.25) is 0 Å². The van der Waals surface area contributed by atoms with Crippen molar-refractivity contribution in [2.75, 3.05) is 11.9 Å². The largest absolute Gasteiger partial charge is 0.414 e. The Morgan fingerprint density at radius 2 is 2.03 bits per heavy atom. The van der Waals surface area contributed by atoms with E-state index in [4.69, 9.17) is 4.74 Å². The number of amides is 1. The number of hydrogen-bond acceptors (Lipinski definition) is 7. The summed E-state index contributed by atoms with van der Waals surface area (Å²) in [6, 6.07) is 14.0. The highest BCUT2D eigenvalue weighted by Crippen LogP contribution is 2.26. The van der Waals surface area contributed by atoms with Gasteiger partial charge in [0, 0.05) is 30.2 Å². The smallest absolute Gasteiger partial charge is 0.394 e. The van der Waals surface area contributed by atoms with Gasteiger partial charge >= 0.3 is 6.09 Å². The van der Waals surface area contributed by atoms with E-state index in [1.807, 2.05) is 49.4 Å². The van der Waals surface area contributed by atoms with Crippen molar-refractivity contribution >= 4 is 17.7 Å². The molecule has 0 saturated heterocycles. The lowest BCUT2D eigenvalue weighted by molar-refractivity contribution is 0.182. The first-order valence-corrected chi connectivity index (χ1v) is 9.96. The molecule has 1 unspecified atom stereocenters. The predicted molar refractivity (Wildman–Crippen MR) is 120 cm³/mol. The molecule has 0 fully saturated rings. The maximum Gasteiger partial charge on any atom is 0.414 e. The fourth-order valence-corrected chi connectivity index (χ4v) is 3.12. The average Bonchev–Trinajstić information content (AvgIpc) is 3.28. The van der Waals surface area contributed by atoms with E-state index in [9.17, 15) is 9.90 Å². The molecule has 0 saturated carbocycles. The van der Waals surface area contributed by atoms with Crippen LogP contribution in [0.1, 0.15) is 17.2 Å². The molecule has 1 atom stereocenters. The van der Waals surface area contributed by atoms with Crippen molar-refractivity contribution in [3.05, 3.63) is 84.4 Å². The zero-order valence-electron chi connectivity index (χ0n) is 17.3. The van der Waals surface area contributed by atoms with Crippen molar-refractivity contribution in [1.82, 2.24) is 25.3 Å². The number of carbonyl (C=O) groups is 1. The molecule has 162 valence electrons. The lowest BCUT2D eigenvalue weighted by Crippen LogP contribution is -2.33. The fourth-order valence-electron chi connectivity index (χ4n) is 3.12. The van der Waals surface area contributed by atoms with Crippen molar-refractivity contribution in [2.45, 2.75) is 13.0 Å². The van der Waals surface area contributed by atoms with Gasteiger partial charge in [-0.2, -0.15) is 0 Å². The molecule has 4 aromatic rings. The van der Waals surface area contributed by atoms with E-state index in [0.717, 1.165) is 22.4 Å². The van der Waals surface area contributed by atoms with Crippen LogP contribution >= 0.6 is 0 Å². The first-order valence-electron chi connectivity index (χ1n) is 9.96. The van der Waals surface area contributed by atoms with E-state index in [1.54, 1.807) is 30.9 Å². The Kier molecular flexibility index (Phi) is 6.38. The Morgan fingerprint density at radius 1 is 1.19 bits per heavy atom. The topological polar surface area (TPSA) is 125 Å². The van der Waals surface area contributed by atoms with E-state index in [2.05, 4.69) is 30.6 Å². The minimum absolute atomic E-state index is 0.248. The fraction of sp³-hybridized carbons (Fsp3) is 0.130. The molecule has 4 rings (SSSR count). The van der Waals surface area contributed by atoms with Crippen molar-refractivity contribution in [2.24, 2.45) is 0 Å². The number of pyridine rings is 1. The standard InChI is InChI=1S/C23H22N6O3/c1-15-11-26-22(27-18-8-5-9-24-13-18)29-21(15)17-10-20(25-12-17)32-23(31)28-19(14-30)16-6-3-2-4-7-16/h2-13,19,25,30H,14H2,1H3,(H,28,31)(H,26,27,29). The number of rotatable bonds is 7. The van der Waals surface area contributed by atoms with E-state index < -0.39 is 12.1 Å². The van der Waals surface area contributed by atoms with Gasteiger partial charge in [0.1, 0.15) is 0 Å². The first-order chi connectivity index (χ1) is 15.6. The molecule has 9 heteroatoms. The van der Waals surface area contributed by atoms with Crippen LogP contribution in [0.15, 0.2) is 73.3 Å². The number of benzene rings is 1. The monoisotopic (exact) mass is 430 g/mol. The second-order valence-corrected chi connectivity index (χ2v) is 7.02. The minimum atomic E-state index is -0.681. The SMILES string of the molecule is Cc1cnc(Nc2cccnc2)nc1-c1c[nH]c(OC(=O)NC(CO)c2ccccc2)c1. The Balaban J connectivity index is 1.45. The quantitative estimate of drug-likeness (QED) is 0.352. The summed E-state index contributed by atoms with van der Waals surface area (Å²) in [5, 5.41) is 15.4. The second kappa shape index (κ2) is 9.71. The van der Waals surface area contributed by atoms with Gasteiger partial charge in [-0.05, 0) is 30.2 Å². The highest BCUT2D eigenvalue weighted by atomic mass is 16.6. The van der Waals surface area contributed by atoms with Crippen molar-refractivity contribution in [3.8, 4) is 17.1 Å². The van der Waals surface area contributed by atoms with Crippen LogP contribution in [0.4, 0.5) is 16.4 Å². The Morgan fingerprint density at radius 3 is 2.78 bits per heavy atom. The summed E-state index contributed by atoms with van der Waals surface area (Å²) < 4.78 is 5.35. The molecule has 0 spiro atoms. The number of anilines is 2. The van der Waals surface area contributed by atoms with E-state index in [0.29, 0.717) is 11.6 Å². The number of ether oxygens (including phenoxy) is 1. The van der Waals surface area contributed by atoms with Gasteiger partial charge in [-0.3, -0.25) is 4.98 Å². The van der Waals surface area contributed by atoms with Gasteiger partial charge in [0.05, 0.1) is 30.2 Å². The average molecular weight is 430 g/mol. The number of carbonyl (C=O) groups excluding carboxylic acids is 1. The summed E-state index contributed by atoms with van der Waals surface area (Å²) in [7, 11) is 0. The maximum atomic E-state index is 12.3. The van der Waals surface area contributed by atoms with Crippen LogP contribution < -0.4 is 15.4 Å². The van der Waals surface area contributed by atoms with E-state index in [-0.39, 0.29) is 12.5 Å². The molecular formula is C23H22N6O3. The number of aliphatic hydroxyl groups excluding tert-OH is 1. The van der Waals surface area contributed by atoms with Gasteiger partial charge in [0.15, 0.2) is 0 Å². The Hall–Kier alpha value is -4.24. The molecule has 32 heavy (non-hydrogen) atoms. The zero-order valence-corrected chi connectivity index (χ0v) is 17.3. The summed E-state index contributed by atoms with van der Waals surface area (Å²) in [6.07, 6.45) is 6.10. The summed E-state index contributed by atoms with van der Waals surface area (Å²) in [4.78, 5) is 28.2. The first kappa shape index (κ1) is 21.0. The number of aryl methyl sites for hydroxylation is 1. The number of aliphatic hydroxyl groups is 1. The molecule has 1 amide bonds. The third-order valence-electron chi connectivity index (χ3n) is 4.70. The number of aromatic amines is 1. The lowest BCUT2D eigenvalue weighted by Gasteiger charge is -2.15. The van der Waals surface area contributed by atoms with Crippen LogP contribution in [-0.2, 0) is 0 Å². The Labute approximate surface area is 184 Å². The molecular weight excluding hydrogens is 408 g/mol. The molecule has 0 aliphatic rings. The molecule has 0 aliphatic carbocycles. The molecule has 1 aromatic carbocycles. The third-order valence-corrected chi connectivity index (χ3v) is 4.70. The van der Waals surface area contributed by atoms with Crippen molar-refractivity contribution in [3.63, 3.8) is 0 Å². The summed E-state index contributed by atoms with van der Waals surface area (Å²) in [5.74, 6) is 0.677. The normalized spacial score (nSPS) is 11.6. The van der Waals surface area contributed by atoms with Gasteiger partial charge in [-0.25, -0.2) is 14.8 Å². The molecule has 0 aliphatic heterocycles. The molecule has 0 radical (unpaired) electrons. The van der Waals surface area contributed by atoms with E-state index in [1.165, 1.54) is 0 Å². The van der Waals surface area contributed by atoms with Crippen LogP contribution in [0.3, 0.4) is 0 Å². The van der Waals surface area contributed by atoms with E-state index >= 15 is 0 Å². The summed E-state index contributed by atoms with van der Waals surface area (Å²) in [5.41, 5.74) is 3.85. The second-order valence-electron chi connectivity index (χ2n) is 7.02. The van der Waals surface area contributed by atoms with Gasteiger partial charge in [-0.15, -0.1) is 0 Å². The number of aromatic nitrogens is 4. The minimum Gasteiger partial charge on any atom is -0.394 e. The van der Waals surface area contributed by atoms with Crippen LogP contribution in [0.25, 0.3) is 11.3 Å². The predicted octanol–water partition coefficient (Wildman–Crippen LogP) is 3.74. The molecule has 3 aromatic heterocycles. The number of nitrogens with one attached hydrogen (secondary N) is 3. The summed E-state index contributed by atoms with van der Waals surface area (Å²) in [6.45, 7) is 1.65. The molecule has 9 nitrogen and oxygen atoms in total. The highest BCUT2D eigenvalue weighted by molar-refractivity contribution is 5.72. The zero-order chi connectivity index (χ0) is 22.3. The van der Waals surface area contributed by atoms with Crippen LogP contribution in [-0.4, -0.2) is 37.7 Å². The van der Waals surface area contributed by atoms with Gasteiger partial charge < -0.3 is 25.5 Å². The number of hydrogen-bond donors (Lipinski definition) is 4. The summed E-state index contributed by atoms with van der Waals surface area (Å²) >= 11 is 0. The number of nitrogens with zero attached hydrogens (tertiary/aromatic N) is 3.